The maximum Gasteiger partial charge on any atom is 0.333 e. The van der Waals surface area contributed by atoms with Crippen molar-refractivity contribution in [2.24, 2.45) is 11.1 Å². The fourth-order valence-corrected chi connectivity index (χ4v) is 5.11. The fourth-order valence-electron chi connectivity index (χ4n) is 4.75. The minimum Gasteiger partial charge on any atom is -0.390 e. The standard InChI is InChI=1S/C21H29N5O5S/c1-21(2)10-16(13-5-3-4-6-14(13)21)25-20-23-8-7-17(26-20)24-15-9-12(18(27)19(15)28)11-31-32(22,29)30/h3-8,12,15-16,18-19,27-28H,9-11H2,1-2H3,(H2,22,29,30)(H2,23,24,25,26)/t12-,15-,16+,18-,19+/m1/s1. The molecule has 11 heteroatoms. The van der Waals surface area contributed by atoms with Crippen LogP contribution in [0.4, 0.5) is 11.8 Å². The third-order valence-electron chi connectivity index (χ3n) is 6.32. The van der Waals surface area contributed by atoms with Gasteiger partial charge in [-0.2, -0.15) is 13.4 Å². The Balaban J connectivity index is 1.43. The molecular weight excluding hydrogens is 434 g/mol. The Morgan fingerprint density at radius 2 is 1.94 bits per heavy atom. The van der Waals surface area contributed by atoms with E-state index in [0.717, 1.165) is 6.42 Å². The summed E-state index contributed by atoms with van der Waals surface area (Å²) in [4.78, 5) is 8.85. The lowest BCUT2D eigenvalue weighted by Gasteiger charge is -2.20. The summed E-state index contributed by atoms with van der Waals surface area (Å²) in [7, 11) is -4.12. The number of aliphatic hydroxyl groups is 2. The molecule has 2 aromatic rings. The second-order valence-electron chi connectivity index (χ2n) is 9.14. The van der Waals surface area contributed by atoms with Gasteiger partial charge in [0.05, 0.1) is 24.8 Å². The van der Waals surface area contributed by atoms with Gasteiger partial charge in [-0.3, -0.25) is 4.18 Å². The first-order valence-corrected chi connectivity index (χ1v) is 12.0. The van der Waals surface area contributed by atoms with E-state index in [1.807, 2.05) is 12.1 Å². The number of nitrogens with zero attached hydrogens (tertiary/aromatic N) is 2. The number of nitrogens with one attached hydrogen (secondary N) is 2. The fraction of sp³-hybridized carbons (Fsp3) is 0.524. The normalized spacial score (nSPS) is 29.0. The maximum atomic E-state index is 11.0. The molecule has 0 aliphatic heterocycles. The smallest absolute Gasteiger partial charge is 0.333 e. The number of anilines is 2. The Hall–Kier alpha value is -2.31. The molecular formula is C21H29N5O5S. The number of benzene rings is 1. The third-order valence-corrected chi connectivity index (χ3v) is 6.78. The van der Waals surface area contributed by atoms with Gasteiger partial charge in [0.15, 0.2) is 0 Å². The molecule has 174 valence electrons. The van der Waals surface area contributed by atoms with Crippen molar-refractivity contribution in [2.75, 3.05) is 17.2 Å². The van der Waals surface area contributed by atoms with Gasteiger partial charge in [0, 0.05) is 12.1 Å². The van der Waals surface area contributed by atoms with E-state index in [0.29, 0.717) is 11.8 Å². The lowest BCUT2D eigenvalue weighted by molar-refractivity contribution is 0.00778. The second kappa shape index (κ2) is 8.56. The van der Waals surface area contributed by atoms with Crippen LogP contribution in [0.3, 0.4) is 0 Å². The lowest BCUT2D eigenvalue weighted by Crippen LogP contribution is -2.36. The summed E-state index contributed by atoms with van der Waals surface area (Å²) in [5, 5.41) is 32.0. The minimum atomic E-state index is -4.12. The summed E-state index contributed by atoms with van der Waals surface area (Å²) in [6.45, 7) is 4.13. The van der Waals surface area contributed by atoms with Gasteiger partial charge >= 0.3 is 10.3 Å². The van der Waals surface area contributed by atoms with Crippen molar-refractivity contribution in [2.45, 2.75) is 56.4 Å². The number of aromatic nitrogens is 2. The molecule has 1 fully saturated rings. The molecule has 2 aliphatic rings. The monoisotopic (exact) mass is 463 g/mol. The highest BCUT2D eigenvalue weighted by Crippen LogP contribution is 2.45. The highest BCUT2D eigenvalue weighted by Gasteiger charge is 2.42. The summed E-state index contributed by atoms with van der Waals surface area (Å²) >= 11 is 0. The van der Waals surface area contributed by atoms with E-state index in [1.165, 1.54) is 11.1 Å². The van der Waals surface area contributed by atoms with Gasteiger partial charge in [-0.15, -0.1) is 0 Å². The molecule has 6 N–H and O–H groups in total. The highest BCUT2D eigenvalue weighted by molar-refractivity contribution is 7.84. The van der Waals surface area contributed by atoms with Crippen LogP contribution < -0.4 is 15.8 Å². The zero-order valence-electron chi connectivity index (χ0n) is 18.0. The van der Waals surface area contributed by atoms with Crippen LogP contribution in [0.5, 0.6) is 0 Å². The molecule has 2 aliphatic carbocycles. The van der Waals surface area contributed by atoms with E-state index in [1.54, 1.807) is 12.3 Å². The Morgan fingerprint density at radius 1 is 1.19 bits per heavy atom. The Labute approximate surface area is 187 Å². The number of nitrogens with two attached hydrogens (primary N) is 1. The first kappa shape index (κ1) is 22.9. The van der Waals surface area contributed by atoms with Gasteiger partial charge in [-0.25, -0.2) is 10.1 Å². The van der Waals surface area contributed by atoms with Gasteiger partial charge in [0.1, 0.15) is 11.9 Å². The molecule has 10 nitrogen and oxygen atoms in total. The molecule has 0 unspecified atom stereocenters. The van der Waals surface area contributed by atoms with Gasteiger partial charge in [0.2, 0.25) is 5.95 Å². The van der Waals surface area contributed by atoms with Crippen LogP contribution >= 0.6 is 0 Å². The van der Waals surface area contributed by atoms with E-state index in [9.17, 15) is 18.6 Å². The van der Waals surface area contributed by atoms with Gasteiger partial charge in [0.25, 0.3) is 0 Å². The van der Waals surface area contributed by atoms with Crippen LogP contribution in [0, 0.1) is 5.92 Å². The third kappa shape index (κ3) is 4.86. The van der Waals surface area contributed by atoms with Crippen molar-refractivity contribution < 1.29 is 22.8 Å². The maximum absolute atomic E-state index is 11.0. The average Bonchev–Trinajstić information content (AvgIpc) is 3.14. The first-order chi connectivity index (χ1) is 15.0. The molecule has 5 atom stereocenters. The quantitative estimate of drug-likeness (QED) is 0.404. The molecule has 1 saturated carbocycles. The summed E-state index contributed by atoms with van der Waals surface area (Å²) in [5.74, 6) is 0.351. The molecule has 1 aromatic carbocycles. The second-order valence-corrected chi connectivity index (χ2v) is 10.4. The zero-order chi connectivity index (χ0) is 23.1. The van der Waals surface area contributed by atoms with Crippen LogP contribution in [0.25, 0.3) is 0 Å². The van der Waals surface area contributed by atoms with Crippen molar-refractivity contribution in [3.63, 3.8) is 0 Å². The average molecular weight is 464 g/mol. The Kier molecular flexibility index (Phi) is 6.12. The molecule has 4 rings (SSSR count). The van der Waals surface area contributed by atoms with Crippen LogP contribution in [-0.4, -0.2) is 53.5 Å². The zero-order valence-corrected chi connectivity index (χ0v) is 18.8. The Morgan fingerprint density at radius 3 is 2.69 bits per heavy atom. The number of fused-ring (bicyclic) bond motifs is 1. The van der Waals surface area contributed by atoms with Crippen molar-refractivity contribution in [3.8, 4) is 0 Å². The summed E-state index contributed by atoms with van der Waals surface area (Å²) < 4.78 is 26.6. The largest absolute Gasteiger partial charge is 0.390 e. The van der Waals surface area contributed by atoms with E-state index in [-0.39, 0.29) is 24.5 Å². The van der Waals surface area contributed by atoms with Crippen LogP contribution in [-0.2, 0) is 19.9 Å². The van der Waals surface area contributed by atoms with Gasteiger partial charge in [-0.05, 0) is 35.4 Å². The van der Waals surface area contributed by atoms with E-state index >= 15 is 0 Å². The van der Waals surface area contributed by atoms with Crippen molar-refractivity contribution in [1.82, 2.24) is 9.97 Å². The molecule has 0 spiro atoms. The van der Waals surface area contributed by atoms with Crippen molar-refractivity contribution in [3.05, 3.63) is 47.7 Å². The van der Waals surface area contributed by atoms with Gasteiger partial charge < -0.3 is 20.8 Å². The first-order valence-electron chi connectivity index (χ1n) is 10.5. The Bertz CT molecular complexity index is 1080. The predicted molar refractivity (Wildman–Crippen MR) is 119 cm³/mol. The molecule has 0 bridgehead atoms. The summed E-state index contributed by atoms with van der Waals surface area (Å²) in [6.07, 6.45) is 0.550. The molecule has 0 radical (unpaired) electrons. The number of aliphatic hydroxyl groups excluding tert-OH is 2. The molecule has 1 aromatic heterocycles. The van der Waals surface area contributed by atoms with E-state index in [4.69, 9.17) is 5.14 Å². The van der Waals surface area contributed by atoms with Crippen molar-refractivity contribution in [1.29, 1.82) is 0 Å². The molecule has 0 amide bonds. The molecule has 1 heterocycles. The van der Waals surface area contributed by atoms with E-state index < -0.39 is 34.5 Å². The number of rotatable bonds is 7. The van der Waals surface area contributed by atoms with Gasteiger partial charge in [-0.1, -0.05) is 38.1 Å². The summed E-state index contributed by atoms with van der Waals surface area (Å²) in [5.41, 5.74) is 2.58. The van der Waals surface area contributed by atoms with Crippen molar-refractivity contribution >= 4 is 22.1 Å². The predicted octanol–water partition coefficient (Wildman–Crippen LogP) is 1.05. The number of hydrogen-bond acceptors (Lipinski definition) is 9. The molecule has 32 heavy (non-hydrogen) atoms. The van der Waals surface area contributed by atoms with Crippen LogP contribution in [0.15, 0.2) is 36.5 Å². The summed E-state index contributed by atoms with van der Waals surface area (Å²) in [6, 6.07) is 9.56. The van der Waals surface area contributed by atoms with Crippen LogP contribution in [0.2, 0.25) is 0 Å². The highest BCUT2D eigenvalue weighted by atomic mass is 32.2. The SMILES string of the molecule is CC1(C)C[C@H](Nc2nccc(N[C@@H]3C[C@H](COS(N)(=O)=O)[C@@H](O)[C@H]3O)n2)c2ccccc21. The van der Waals surface area contributed by atoms with E-state index in [2.05, 4.69) is 50.8 Å². The topological polar surface area (TPSA) is 160 Å². The minimum absolute atomic E-state index is 0.0440. The van der Waals surface area contributed by atoms with Crippen LogP contribution in [0.1, 0.15) is 43.9 Å². The molecule has 0 saturated heterocycles. The number of hydrogen-bond donors (Lipinski definition) is 5. The lowest BCUT2D eigenvalue weighted by atomic mass is 9.86.